The van der Waals surface area contributed by atoms with E-state index in [9.17, 15) is 8.42 Å². The van der Waals surface area contributed by atoms with Crippen LogP contribution in [0.25, 0.3) is 0 Å². The van der Waals surface area contributed by atoms with Gasteiger partial charge in [-0.3, -0.25) is 0 Å². The average Bonchev–Trinajstić information content (AvgIpc) is 2.84. The fourth-order valence-corrected chi connectivity index (χ4v) is 2.83. The third-order valence-electron chi connectivity index (χ3n) is 3.39. The van der Waals surface area contributed by atoms with Gasteiger partial charge in [0.05, 0.1) is 6.54 Å². The summed E-state index contributed by atoms with van der Waals surface area (Å²) in [6.45, 7) is 2.46. The highest BCUT2D eigenvalue weighted by atomic mass is 32.2. The van der Waals surface area contributed by atoms with E-state index in [1.807, 2.05) is 12.1 Å². The molecule has 1 aromatic rings. The molecule has 0 amide bonds. The van der Waals surface area contributed by atoms with E-state index < -0.39 is 10.2 Å². The normalized spacial score (nSPS) is 23.9. The van der Waals surface area contributed by atoms with Crippen LogP contribution in [0, 0.1) is 5.92 Å². The summed E-state index contributed by atoms with van der Waals surface area (Å²) < 4.78 is 31.9. The van der Waals surface area contributed by atoms with Gasteiger partial charge >= 0.3 is 0 Å². The Morgan fingerprint density at radius 2 is 1.94 bits per heavy atom. The summed E-state index contributed by atoms with van der Waals surface area (Å²) in [5.41, 5.74) is 0. The van der Waals surface area contributed by atoms with Gasteiger partial charge in [0.15, 0.2) is 0 Å². The van der Waals surface area contributed by atoms with Gasteiger partial charge in [0.25, 0.3) is 10.2 Å². The van der Waals surface area contributed by atoms with E-state index in [0.29, 0.717) is 17.6 Å². The summed E-state index contributed by atoms with van der Waals surface area (Å²) in [4.78, 5) is 0. The molecule has 0 N–H and O–H groups in total. The SMILES string of the molecule is CC1CC1c1ccc(CN(C)S(=O)(=O)N(C)C)o1. The molecule has 6 heteroatoms. The average molecular weight is 272 g/mol. The highest BCUT2D eigenvalue weighted by molar-refractivity contribution is 7.86. The van der Waals surface area contributed by atoms with Crippen molar-refractivity contribution in [2.75, 3.05) is 21.1 Å². The van der Waals surface area contributed by atoms with Crippen molar-refractivity contribution in [1.82, 2.24) is 8.61 Å². The fraction of sp³-hybridized carbons (Fsp3) is 0.667. The lowest BCUT2D eigenvalue weighted by molar-refractivity contribution is 0.368. The summed E-state index contributed by atoms with van der Waals surface area (Å²) in [5, 5.41) is 0. The van der Waals surface area contributed by atoms with Gasteiger partial charge in [-0.1, -0.05) is 6.92 Å². The van der Waals surface area contributed by atoms with E-state index in [4.69, 9.17) is 4.42 Å². The second kappa shape index (κ2) is 4.68. The smallest absolute Gasteiger partial charge is 0.281 e. The largest absolute Gasteiger partial charge is 0.464 e. The number of hydrogen-bond donors (Lipinski definition) is 0. The minimum Gasteiger partial charge on any atom is -0.464 e. The third-order valence-corrected chi connectivity index (χ3v) is 5.23. The van der Waals surface area contributed by atoms with Gasteiger partial charge in [-0.15, -0.1) is 0 Å². The molecule has 2 unspecified atom stereocenters. The molecule has 0 saturated heterocycles. The quantitative estimate of drug-likeness (QED) is 0.819. The molecule has 1 heterocycles. The molecule has 0 aliphatic heterocycles. The maximum Gasteiger partial charge on any atom is 0.281 e. The van der Waals surface area contributed by atoms with Crippen LogP contribution >= 0.6 is 0 Å². The number of nitrogens with zero attached hydrogens (tertiary/aromatic N) is 2. The lowest BCUT2D eigenvalue weighted by Gasteiger charge is -2.20. The molecular formula is C12H20N2O3S. The van der Waals surface area contributed by atoms with Crippen LogP contribution in [-0.2, 0) is 16.8 Å². The highest BCUT2D eigenvalue weighted by Crippen LogP contribution is 2.47. The Morgan fingerprint density at radius 1 is 1.33 bits per heavy atom. The van der Waals surface area contributed by atoms with Crippen LogP contribution in [0.5, 0.6) is 0 Å². The predicted molar refractivity (Wildman–Crippen MR) is 69.3 cm³/mol. The monoisotopic (exact) mass is 272 g/mol. The molecule has 1 aromatic heterocycles. The molecule has 0 aromatic carbocycles. The molecule has 18 heavy (non-hydrogen) atoms. The van der Waals surface area contributed by atoms with E-state index in [1.165, 1.54) is 29.1 Å². The molecule has 1 aliphatic carbocycles. The van der Waals surface area contributed by atoms with E-state index in [2.05, 4.69) is 6.92 Å². The van der Waals surface area contributed by atoms with Crippen molar-refractivity contribution in [3.05, 3.63) is 23.7 Å². The van der Waals surface area contributed by atoms with Gasteiger partial charge in [-0.05, 0) is 24.5 Å². The molecule has 1 fully saturated rings. The molecular weight excluding hydrogens is 252 g/mol. The first-order chi connectivity index (χ1) is 8.32. The maximum atomic E-state index is 11.8. The van der Waals surface area contributed by atoms with Crippen molar-refractivity contribution in [2.24, 2.45) is 5.92 Å². The third kappa shape index (κ3) is 2.60. The van der Waals surface area contributed by atoms with E-state index in [1.54, 1.807) is 7.05 Å². The summed E-state index contributed by atoms with van der Waals surface area (Å²) in [7, 11) is 1.22. The first kappa shape index (κ1) is 13.6. The van der Waals surface area contributed by atoms with Gasteiger partial charge < -0.3 is 4.42 Å². The zero-order chi connectivity index (χ0) is 13.5. The molecule has 0 spiro atoms. The molecule has 2 atom stereocenters. The van der Waals surface area contributed by atoms with Crippen molar-refractivity contribution in [2.45, 2.75) is 25.8 Å². The standard InChI is InChI=1S/C12H20N2O3S/c1-9-7-11(9)12-6-5-10(17-12)8-14(4)18(15,16)13(2)3/h5-6,9,11H,7-8H2,1-4H3. The van der Waals surface area contributed by atoms with Crippen LogP contribution in [-0.4, -0.2) is 38.2 Å². The molecule has 2 rings (SSSR count). The first-order valence-electron chi connectivity index (χ1n) is 6.04. The van der Waals surface area contributed by atoms with Crippen molar-refractivity contribution in [3.63, 3.8) is 0 Å². The Kier molecular flexibility index (Phi) is 3.53. The van der Waals surface area contributed by atoms with Gasteiger partial charge in [-0.25, -0.2) is 0 Å². The topological polar surface area (TPSA) is 53.8 Å². The Labute approximate surface area is 109 Å². The highest BCUT2D eigenvalue weighted by Gasteiger charge is 2.36. The molecule has 0 radical (unpaired) electrons. The van der Waals surface area contributed by atoms with Gasteiger partial charge in [-0.2, -0.15) is 17.0 Å². The van der Waals surface area contributed by atoms with Crippen LogP contribution < -0.4 is 0 Å². The van der Waals surface area contributed by atoms with Crippen molar-refractivity contribution in [1.29, 1.82) is 0 Å². The van der Waals surface area contributed by atoms with Gasteiger partial charge in [0.2, 0.25) is 0 Å². The van der Waals surface area contributed by atoms with Crippen molar-refractivity contribution >= 4 is 10.2 Å². The minimum atomic E-state index is -3.37. The Hall–Kier alpha value is -0.850. The maximum absolute atomic E-state index is 11.8. The first-order valence-corrected chi connectivity index (χ1v) is 7.44. The van der Waals surface area contributed by atoms with Gasteiger partial charge in [0, 0.05) is 27.1 Å². The summed E-state index contributed by atoms with van der Waals surface area (Å²) >= 11 is 0. The molecule has 1 saturated carbocycles. The molecule has 0 bridgehead atoms. The molecule has 102 valence electrons. The minimum absolute atomic E-state index is 0.265. The lowest BCUT2D eigenvalue weighted by Crippen LogP contribution is -2.36. The Morgan fingerprint density at radius 3 is 2.44 bits per heavy atom. The summed E-state index contributed by atoms with van der Waals surface area (Å²) in [5.74, 6) is 2.88. The van der Waals surface area contributed by atoms with Crippen LogP contribution in [0.2, 0.25) is 0 Å². The van der Waals surface area contributed by atoms with Crippen molar-refractivity contribution in [3.8, 4) is 0 Å². The predicted octanol–water partition coefficient (Wildman–Crippen LogP) is 1.64. The van der Waals surface area contributed by atoms with E-state index in [-0.39, 0.29) is 6.54 Å². The number of rotatable bonds is 5. The number of furan rings is 1. The summed E-state index contributed by atoms with van der Waals surface area (Å²) in [6, 6.07) is 3.82. The van der Waals surface area contributed by atoms with Crippen molar-refractivity contribution < 1.29 is 12.8 Å². The summed E-state index contributed by atoms with van der Waals surface area (Å²) in [6.07, 6.45) is 1.17. The van der Waals surface area contributed by atoms with Crippen LogP contribution in [0.1, 0.15) is 30.8 Å². The van der Waals surface area contributed by atoms with E-state index in [0.717, 1.165) is 5.76 Å². The lowest BCUT2D eigenvalue weighted by atomic mass is 10.3. The van der Waals surface area contributed by atoms with E-state index >= 15 is 0 Å². The van der Waals surface area contributed by atoms with Gasteiger partial charge in [0.1, 0.15) is 11.5 Å². The van der Waals surface area contributed by atoms with Crippen LogP contribution in [0.3, 0.4) is 0 Å². The Balaban J connectivity index is 2.03. The molecule has 5 nitrogen and oxygen atoms in total. The van der Waals surface area contributed by atoms with Crippen LogP contribution in [0.4, 0.5) is 0 Å². The zero-order valence-electron chi connectivity index (χ0n) is 11.3. The molecule has 1 aliphatic rings. The zero-order valence-corrected chi connectivity index (χ0v) is 12.1. The second-order valence-corrected chi connectivity index (χ2v) is 7.42. The van der Waals surface area contributed by atoms with Crippen LogP contribution in [0.15, 0.2) is 16.5 Å². The fourth-order valence-electron chi connectivity index (χ4n) is 1.98. The Bertz CT molecular complexity index is 521. The second-order valence-electron chi connectivity index (χ2n) is 5.17. The number of hydrogen-bond acceptors (Lipinski definition) is 3.